The summed E-state index contributed by atoms with van der Waals surface area (Å²) in [6.45, 7) is 1.92. The molecule has 0 heterocycles. The van der Waals surface area contributed by atoms with Gasteiger partial charge in [-0.3, -0.25) is 4.79 Å². The molecule has 0 aliphatic carbocycles. The van der Waals surface area contributed by atoms with Crippen molar-refractivity contribution in [1.82, 2.24) is 5.32 Å². The van der Waals surface area contributed by atoms with Crippen molar-refractivity contribution in [3.8, 4) is 0 Å². The zero-order chi connectivity index (χ0) is 12.4. The van der Waals surface area contributed by atoms with Crippen LogP contribution in [0.1, 0.15) is 32.6 Å². The van der Waals surface area contributed by atoms with Crippen molar-refractivity contribution in [2.45, 2.75) is 38.7 Å². The van der Waals surface area contributed by atoms with Crippen molar-refractivity contribution in [1.29, 1.82) is 0 Å². The van der Waals surface area contributed by atoms with Gasteiger partial charge in [-0.15, -0.1) is 10.1 Å². The molecule has 0 fully saturated rings. The maximum absolute atomic E-state index is 11.1. The predicted molar refractivity (Wildman–Crippen MR) is 56.1 cm³/mol. The Balaban J connectivity index is 3.24. The molecular formula is C9H18N2O5. The van der Waals surface area contributed by atoms with Crippen LogP contribution in [0.2, 0.25) is 0 Å². The number of hydrogen-bond donors (Lipinski definition) is 2. The van der Waals surface area contributed by atoms with Crippen molar-refractivity contribution >= 4 is 5.91 Å². The van der Waals surface area contributed by atoms with Crippen LogP contribution in [-0.4, -0.2) is 35.4 Å². The summed E-state index contributed by atoms with van der Waals surface area (Å²) in [6.07, 6.45) is 1.75. The van der Waals surface area contributed by atoms with Crippen molar-refractivity contribution < 1.29 is 19.8 Å². The zero-order valence-electron chi connectivity index (χ0n) is 9.35. The largest absolute Gasteiger partial charge is 0.392 e. The maximum atomic E-state index is 11.1. The van der Waals surface area contributed by atoms with E-state index in [-0.39, 0.29) is 19.1 Å². The number of aliphatic hydroxyl groups is 1. The van der Waals surface area contributed by atoms with Crippen LogP contribution in [0, 0.1) is 10.1 Å². The summed E-state index contributed by atoms with van der Waals surface area (Å²) in [5.41, 5.74) is 0. The van der Waals surface area contributed by atoms with E-state index in [2.05, 4.69) is 10.2 Å². The fraction of sp³-hybridized carbons (Fsp3) is 0.889. The van der Waals surface area contributed by atoms with Crippen LogP contribution in [0.25, 0.3) is 0 Å². The summed E-state index contributed by atoms with van der Waals surface area (Å²) in [4.78, 5) is 25.0. The summed E-state index contributed by atoms with van der Waals surface area (Å²) in [6, 6.07) is 0. The molecule has 7 heteroatoms. The minimum absolute atomic E-state index is 0.0717. The van der Waals surface area contributed by atoms with Crippen molar-refractivity contribution in [3.05, 3.63) is 10.1 Å². The van der Waals surface area contributed by atoms with E-state index in [4.69, 9.17) is 5.11 Å². The number of unbranched alkanes of at least 4 members (excludes halogenated alkanes) is 2. The molecule has 0 saturated heterocycles. The quantitative estimate of drug-likeness (QED) is 0.338. The van der Waals surface area contributed by atoms with Gasteiger partial charge >= 0.3 is 0 Å². The summed E-state index contributed by atoms with van der Waals surface area (Å²) < 4.78 is 0. The van der Waals surface area contributed by atoms with E-state index in [1.165, 1.54) is 0 Å². The third kappa shape index (κ3) is 10.7. The monoisotopic (exact) mass is 234 g/mol. The molecular weight excluding hydrogens is 216 g/mol. The van der Waals surface area contributed by atoms with Gasteiger partial charge in [0.2, 0.25) is 5.91 Å². The molecule has 0 aliphatic rings. The van der Waals surface area contributed by atoms with Crippen LogP contribution >= 0.6 is 0 Å². The number of amides is 1. The molecule has 16 heavy (non-hydrogen) atoms. The van der Waals surface area contributed by atoms with Gasteiger partial charge in [0.1, 0.15) is 0 Å². The van der Waals surface area contributed by atoms with Gasteiger partial charge in [-0.2, -0.15) is 0 Å². The van der Waals surface area contributed by atoms with Crippen LogP contribution in [0.5, 0.6) is 0 Å². The first kappa shape index (κ1) is 14.6. The number of carbonyl (C=O) groups excluding carboxylic acids is 1. The second-order valence-corrected chi connectivity index (χ2v) is 3.52. The van der Waals surface area contributed by atoms with E-state index in [0.29, 0.717) is 25.7 Å². The molecule has 0 rings (SSSR count). The van der Waals surface area contributed by atoms with Crippen LogP contribution in [0.3, 0.4) is 0 Å². The number of hydrogen-bond acceptors (Lipinski definition) is 5. The number of aliphatic hydroxyl groups excluding tert-OH is 1. The second kappa shape index (κ2) is 8.90. The normalized spacial score (nSPS) is 11.9. The Morgan fingerprint density at radius 1 is 1.50 bits per heavy atom. The highest BCUT2D eigenvalue weighted by Crippen LogP contribution is 2.00. The maximum Gasteiger partial charge on any atom is 0.294 e. The topological polar surface area (TPSA) is 102 Å². The highest BCUT2D eigenvalue weighted by Gasteiger charge is 2.02. The average molecular weight is 234 g/mol. The van der Waals surface area contributed by atoms with E-state index in [1.807, 2.05) is 0 Å². The fourth-order valence-electron chi connectivity index (χ4n) is 1.05. The second-order valence-electron chi connectivity index (χ2n) is 3.52. The van der Waals surface area contributed by atoms with Crippen LogP contribution in [0.4, 0.5) is 0 Å². The van der Waals surface area contributed by atoms with Gasteiger partial charge in [0.25, 0.3) is 5.09 Å². The third-order valence-corrected chi connectivity index (χ3v) is 1.84. The fourth-order valence-corrected chi connectivity index (χ4v) is 1.05. The lowest BCUT2D eigenvalue weighted by molar-refractivity contribution is -0.757. The van der Waals surface area contributed by atoms with Crippen LogP contribution in [0.15, 0.2) is 0 Å². The first-order valence-corrected chi connectivity index (χ1v) is 5.24. The number of nitrogens with zero attached hydrogens (tertiary/aromatic N) is 1. The van der Waals surface area contributed by atoms with E-state index >= 15 is 0 Å². The molecule has 2 N–H and O–H groups in total. The minimum Gasteiger partial charge on any atom is -0.392 e. The van der Waals surface area contributed by atoms with Crippen LogP contribution in [-0.2, 0) is 9.63 Å². The molecule has 0 aromatic rings. The Morgan fingerprint density at radius 2 is 2.19 bits per heavy atom. The first-order valence-electron chi connectivity index (χ1n) is 5.24. The summed E-state index contributed by atoms with van der Waals surface area (Å²) in [7, 11) is 0. The summed E-state index contributed by atoms with van der Waals surface area (Å²) >= 11 is 0. The van der Waals surface area contributed by atoms with E-state index < -0.39 is 11.2 Å². The van der Waals surface area contributed by atoms with Gasteiger partial charge < -0.3 is 15.3 Å². The summed E-state index contributed by atoms with van der Waals surface area (Å²) in [5, 5.41) is 20.4. The first-order chi connectivity index (χ1) is 7.52. The van der Waals surface area contributed by atoms with E-state index in [1.54, 1.807) is 6.92 Å². The van der Waals surface area contributed by atoms with Crippen LogP contribution < -0.4 is 5.32 Å². The Kier molecular flexibility index (Phi) is 8.14. The lowest BCUT2D eigenvalue weighted by Crippen LogP contribution is -2.30. The molecule has 0 radical (unpaired) electrons. The molecule has 7 nitrogen and oxygen atoms in total. The molecule has 1 unspecified atom stereocenters. The van der Waals surface area contributed by atoms with E-state index in [9.17, 15) is 14.9 Å². The van der Waals surface area contributed by atoms with E-state index in [0.717, 1.165) is 0 Å². The molecule has 0 aromatic carbocycles. The molecule has 0 aliphatic heterocycles. The Labute approximate surface area is 93.9 Å². The van der Waals surface area contributed by atoms with Crippen molar-refractivity contribution in [2.24, 2.45) is 0 Å². The van der Waals surface area contributed by atoms with Gasteiger partial charge in [0.15, 0.2) is 0 Å². The number of nitrogens with one attached hydrogen (secondary N) is 1. The highest BCUT2D eigenvalue weighted by molar-refractivity contribution is 5.75. The zero-order valence-corrected chi connectivity index (χ0v) is 9.35. The molecule has 94 valence electrons. The molecule has 0 bridgehead atoms. The Hall–Kier alpha value is -1.37. The van der Waals surface area contributed by atoms with Crippen molar-refractivity contribution in [3.63, 3.8) is 0 Å². The lowest BCUT2D eigenvalue weighted by atomic mass is 10.2. The van der Waals surface area contributed by atoms with Gasteiger partial charge in [-0.25, -0.2) is 0 Å². The number of rotatable bonds is 9. The Bertz CT molecular complexity index is 220. The Morgan fingerprint density at radius 3 is 2.75 bits per heavy atom. The lowest BCUT2D eigenvalue weighted by Gasteiger charge is -2.06. The summed E-state index contributed by atoms with van der Waals surface area (Å²) in [5.74, 6) is -0.115. The van der Waals surface area contributed by atoms with Gasteiger partial charge in [-0.1, -0.05) is 6.42 Å². The smallest absolute Gasteiger partial charge is 0.294 e. The third-order valence-electron chi connectivity index (χ3n) is 1.84. The molecule has 0 saturated carbocycles. The van der Waals surface area contributed by atoms with Gasteiger partial charge in [0, 0.05) is 13.0 Å². The van der Waals surface area contributed by atoms with Crippen molar-refractivity contribution in [2.75, 3.05) is 13.2 Å². The molecule has 1 atom stereocenters. The minimum atomic E-state index is -0.824. The SMILES string of the molecule is CC(O)CNC(=O)CCCCCO[N+](=O)[O-]. The molecule has 1 amide bonds. The van der Waals surface area contributed by atoms with Gasteiger partial charge in [-0.05, 0) is 19.8 Å². The molecule has 0 spiro atoms. The average Bonchev–Trinajstić information content (AvgIpc) is 2.19. The highest BCUT2D eigenvalue weighted by atomic mass is 16.9. The number of carbonyl (C=O) groups is 1. The molecule has 0 aromatic heterocycles. The standard InChI is InChI=1S/C9H18N2O5/c1-8(12)7-10-9(13)5-3-2-4-6-16-11(14)15/h8,12H,2-7H2,1H3,(H,10,13). The predicted octanol–water partition coefficient (Wildman–Crippen LogP) is 0.252. The van der Waals surface area contributed by atoms with Gasteiger partial charge in [0.05, 0.1) is 12.7 Å².